The molecular formula is C26H34N2O4-2. The molecule has 2 aliphatic rings. The van der Waals surface area contributed by atoms with Crippen LogP contribution in [-0.4, -0.2) is 49.6 Å². The van der Waals surface area contributed by atoms with Crippen molar-refractivity contribution < 1.29 is 19.8 Å². The highest BCUT2D eigenvalue weighted by Gasteiger charge is 2.43. The van der Waals surface area contributed by atoms with E-state index < -0.39 is 11.9 Å². The predicted molar refractivity (Wildman–Crippen MR) is 124 cm³/mol. The zero-order valence-electron chi connectivity index (χ0n) is 19.4. The van der Waals surface area contributed by atoms with Crippen molar-refractivity contribution >= 4 is 17.6 Å². The van der Waals surface area contributed by atoms with E-state index in [9.17, 15) is 19.8 Å². The van der Waals surface area contributed by atoms with Crippen LogP contribution >= 0.6 is 0 Å². The lowest BCUT2D eigenvalue weighted by molar-refractivity contribution is -0.301. The second kappa shape index (κ2) is 12.2. The van der Waals surface area contributed by atoms with E-state index >= 15 is 0 Å². The number of aliphatic carboxylic acids is 2. The number of allylic oxidation sites excluding steroid dienone is 3. The average Bonchev–Trinajstić information content (AvgIpc) is 3.14. The zero-order valence-corrected chi connectivity index (χ0v) is 19.4. The van der Waals surface area contributed by atoms with Crippen LogP contribution in [0.3, 0.4) is 0 Å². The van der Waals surface area contributed by atoms with E-state index in [2.05, 4.69) is 73.1 Å². The number of carbonyl (C=O) groups is 2. The number of fused-ring (bicyclic) bond motifs is 1. The number of hydrogen-bond acceptors (Lipinski definition) is 6. The average molecular weight is 439 g/mol. The summed E-state index contributed by atoms with van der Waals surface area (Å²) in [4.78, 5) is 24.0. The summed E-state index contributed by atoms with van der Waals surface area (Å²) in [7, 11) is 0. The quantitative estimate of drug-likeness (QED) is 0.547. The lowest BCUT2D eigenvalue weighted by atomic mass is 9.71. The topological polar surface area (TPSA) is 86.7 Å². The van der Waals surface area contributed by atoms with E-state index in [1.54, 1.807) is 11.1 Å². The highest BCUT2D eigenvalue weighted by atomic mass is 16.4. The van der Waals surface area contributed by atoms with E-state index in [1.807, 2.05) is 0 Å². The summed E-state index contributed by atoms with van der Waals surface area (Å²) in [5, 5.41) is 18.8. The number of para-hydroxylation sites is 1. The van der Waals surface area contributed by atoms with Gasteiger partial charge >= 0.3 is 0 Å². The van der Waals surface area contributed by atoms with Crippen LogP contribution in [0.2, 0.25) is 0 Å². The largest absolute Gasteiger partial charge is 0.545 e. The Morgan fingerprint density at radius 3 is 2.28 bits per heavy atom. The molecule has 1 aliphatic heterocycles. The summed E-state index contributed by atoms with van der Waals surface area (Å²) in [6.45, 7) is 12.6. The molecule has 0 saturated heterocycles. The standard InChI is InChI=1S/C22H32N2.C4H4O4/c1-4-22(19-12-8-7-9-13-19)18-24(17-16-23(5-2)6-3)21-15-11-10-14-20(21)22;5-3(6)1-2-4(7)8/h7-8,10-12,14-15H,4-6,9,13,16-18H2,1-3H3;1-2H,(H,5,6)(H,7,8)/p-2/b;2-1+. The summed E-state index contributed by atoms with van der Waals surface area (Å²) in [6, 6.07) is 9.12. The minimum Gasteiger partial charge on any atom is -0.545 e. The first kappa shape index (κ1) is 25.4. The molecule has 1 heterocycles. The van der Waals surface area contributed by atoms with Crippen LogP contribution in [0.1, 0.15) is 45.6 Å². The van der Waals surface area contributed by atoms with Gasteiger partial charge in [-0.05, 0) is 56.1 Å². The third kappa shape index (κ3) is 6.33. The second-order valence-electron chi connectivity index (χ2n) is 8.03. The second-order valence-corrected chi connectivity index (χ2v) is 8.03. The molecule has 0 N–H and O–H groups in total. The molecule has 32 heavy (non-hydrogen) atoms. The Balaban J connectivity index is 0.000000390. The van der Waals surface area contributed by atoms with E-state index in [1.165, 1.54) is 24.9 Å². The van der Waals surface area contributed by atoms with Gasteiger partial charge in [0.25, 0.3) is 0 Å². The number of hydrogen-bond donors (Lipinski definition) is 0. The Hall–Kier alpha value is -2.86. The Morgan fingerprint density at radius 1 is 1.09 bits per heavy atom. The van der Waals surface area contributed by atoms with E-state index in [4.69, 9.17) is 0 Å². The van der Waals surface area contributed by atoms with Crippen molar-refractivity contribution in [3.63, 3.8) is 0 Å². The van der Waals surface area contributed by atoms with Gasteiger partial charge in [-0.25, -0.2) is 0 Å². The fourth-order valence-electron chi connectivity index (χ4n) is 4.59. The van der Waals surface area contributed by atoms with Gasteiger partial charge in [0.05, 0.1) is 11.9 Å². The Kier molecular flexibility index (Phi) is 9.72. The molecule has 0 fully saturated rings. The highest BCUT2D eigenvalue weighted by molar-refractivity contribution is 5.87. The third-order valence-electron chi connectivity index (χ3n) is 6.39. The van der Waals surface area contributed by atoms with E-state index in [0.717, 1.165) is 32.7 Å². The fourth-order valence-corrected chi connectivity index (χ4v) is 4.59. The molecule has 3 rings (SSSR count). The summed E-state index contributed by atoms with van der Waals surface area (Å²) in [6.07, 6.45) is 11.3. The molecule has 0 spiro atoms. The van der Waals surface area contributed by atoms with Crippen LogP contribution in [0.25, 0.3) is 0 Å². The lowest BCUT2D eigenvalue weighted by Crippen LogP contribution is -2.39. The van der Waals surface area contributed by atoms with Gasteiger partial charge in [0.1, 0.15) is 0 Å². The van der Waals surface area contributed by atoms with Gasteiger partial charge in [-0.15, -0.1) is 0 Å². The van der Waals surface area contributed by atoms with Crippen molar-refractivity contribution in [2.24, 2.45) is 0 Å². The van der Waals surface area contributed by atoms with Crippen LogP contribution < -0.4 is 15.1 Å². The van der Waals surface area contributed by atoms with Crippen molar-refractivity contribution in [2.75, 3.05) is 37.6 Å². The van der Waals surface area contributed by atoms with Gasteiger partial charge in [-0.1, -0.05) is 62.8 Å². The van der Waals surface area contributed by atoms with Gasteiger partial charge in [-0.2, -0.15) is 0 Å². The predicted octanol–water partition coefficient (Wildman–Crippen LogP) is 1.81. The minimum atomic E-state index is -1.55. The molecule has 6 heteroatoms. The van der Waals surface area contributed by atoms with Gasteiger partial charge in [0, 0.05) is 30.7 Å². The molecule has 174 valence electrons. The molecule has 0 bridgehead atoms. The van der Waals surface area contributed by atoms with Crippen LogP contribution in [0.5, 0.6) is 0 Å². The van der Waals surface area contributed by atoms with Crippen LogP contribution in [0.15, 0.2) is 60.2 Å². The first-order valence-corrected chi connectivity index (χ1v) is 11.4. The molecule has 1 aliphatic carbocycles. The summed E-state index contributed by atoms with van der Waals surface area (Å²) in [5.41, 5.74) is 4.85. The lowest BCUT2D eigenvalue weighted by Gasteiger charge is -2.34. The molecule has 0 saturated carbocycles. The molecule has 6 nitrogen and oxygen atoms in total. The van der Waals surface area contributed by atoms with Crippen molar-refractivity contribution in [2.45, 2.75) is 45.4 Å². The van der Waals surface area contributed by atoms with Crippen LogP contribution in [0.4, 0.5) is 5.69 Å². The number of carbonyl (C=O) groups excluding carboxylic acids is 2. The first-order valence-electron chi connectivity index (χ1n) is 11.4. The highest BCUT2D eigenvalue weighted by Crippen LogP contribution is 2.49. The normalized spacial score (nSPS) is 19.5. The summed E-state index contributed by atoms with van der Waals surface area (Å²) >= 11 is 0. The van der Waals surface area contributed by atoms with Crippen molar-refractivity contribution in [1.29, 1.82) is 0 Å². The number of rotatable bonds is 9. The maximum Gasteiger partial charge on any atom is 0.0643 e. The summed E-state index contributed by atoms with van der Waals surface area (Å²) in [5.74, 6) is -3.09. The number of nitrogens with zero attached hydrogens (tertiary/aromatic N) is 2. The molecule has 0 amide bonds. The van der Waals surface area contributed by atoms with Crippen LogP contribution in [0, 0.1) is 0 Å². The number of anilines is 1. The molecule has 1 aromatic carbocycles. The molecule has 1 unspecified atom stereocenters. The number of likely N-dealkylation sites (N-methyl/N-ethyl adjacent to an activating group) is 1. The molecule has 1 atom stereocenters. The maximum absolute atomic E-state index is 9.41. The third-order valence-corrected chi connectivity index (χ3v) is 6.39. The molecule has 1 aromatic rings. The Bertz CT molecular complexity index is 854. The Morgan fingerprint density at radius 2 is 1.75 bits per heavy atom. The van der Waals surface area contributed by atoms with Gasteiger partial charge in [-0.3, -0.25) is 0 Å². The number of carboxylic acids is 2. The van der Waals surface area contributed by atoms with Gasteiger partial charge in [0.2, 0.25) is 0 Å². The SMILES string of the molecule is CCN(CC)CCN1CC(CC)(C2=CC=CCC2)c2ccccc21.O=C([O-])/C=C/C(=O)[O-]. The Labute approximate surface area is 191 Å². The maximum atomic E-state index is 9.41. The van der Waals surface area contributed by atoms with E-state index in [0.29, 0.717) is 12.2 Å². The first-order chi connectivity index (χ1) is 15.4. The molecule has 0 aromatic heterocycles. The molecular weight excluding hydrogens is 404 g/mol. The van der Waals surface area contributed by atoms with Crippen molar-refractivity contribution in [1.82, 2.24) is 4.90 Å². The monoisotopic (exact) mass is 438 g/mol. The van der Waals surface area contributed by atoms with Crippen molar-refractivity contribution in [3.8, 4) is 0 Å². The molecule has 0 radical (unpaired) electrons. The number of carboxylic acid groups (broad SMARTS) is 2. The smallest absolute Gasteiger partial charge is 0.0643 e. The zero-order chi connectivity index (χ0) is 23.6. The minimum absolute atomic E-state index is 0.213. The van der Waals surface area contributed by atoms with Gasteiger partial charge < -0.3 is 29.6 Å². The van der Waals surface area contributed by atoms with Crippen molar-refractivity contribution in [3.05, 3.63) is 65.8 Å². The number of benzene rings is 1. The van der Waals surface area contributed by atoms with E-state index in [-0.39, 0.29) is 5.41 Å². The fraction of sp³-hybridized carbons (Fsp3) is 0.462. The van der Waals surface area contributed by atoms with Crippen LogP contribution in [-0.2, 0) is 15.0 Å². The van der Waals surface area contributed by atoms with Gasteiger partial charge in [0.15, 0.2) is 0 Å². The summed E-state index contributed by atoms with van der Waals surface area (Å²) < 4.78 is 0.